The van der Waals surface area contributed by atoms with E-state index >= 15 is 0 Å². The molecule has 1 aromatic carbocycles. The average Bonchev–Trinajstić information content (AvgIpc) is 3.12. The van der Waals surface area contributed by atoms with Gasteiger partial charge in [0.2, 0.25) is 0 Å². The molecule has 0 bridgehead atoms. The van der Waals surface area contributed by atoms with Crippen molar-refractivity contribution in [1.29, 1.82) is 0 Å². The Balaban J connectivity index is 1.88. The van der Waals surface area contributed by atoms with Crippen molar-refractivity contribution in [3.63, 3.8) is 0 Å². The van der Waals surface area contributed by atoms with E-state index in [0.717, 1.165) is 19.0 Å². The maximum atomic E-state index is 13.5. The first-order chi connectivity index (χ1) is 8.20. The lowest BCUT2D eigenvalue weighted by atomic mass is 10.1. The zero-order chi connectivity index (χ0) is 12.3. The van der Waals surface area contributed by atoms with E-state index in [4.69, 9.17) is 4.74 Å². The summed E-state index contributed by atoms with van der Waals surface area (Å²) < 4.78 is 31.6. The van der Waals surface area contributed by atoms with Crippen LogP contribution in [-0.2, 0) is 6.42 Å². The van der Waals surface area contributed by atoms with Gasteiger partial charge in [0, 0.05) is 12.1 Å². The number of methoxy groups -OCH3 is 1. The van der Waals surface area contributed by atoms with Gasteiger partial charge in [-0.1, -0.05) is 0 Å². The Morgan fingerprint density at radius 3 is 2.71 bits per heavy atom. The molecule has 0 aliphatic heterocycles. The van der Waals surface area contributed by atoms with E-state index in [2.05, 4.69) is 5.32 Å². The van der Waals surface area contributed by atoms with Crippen LogP contribution in [0.4, 0.5) is 8.78 Å². The van der Waals surface area contributed by atoms with Gasteiger partial charge >= 0.3 is 0 Å². The minimum atomic E-state index is -0.501. The quantitative estimate of drug-likeness (QED) is 0.773. The van der Waals surface area contributed by atoms with Crippen molar-refractivity contribution in [1.82, 2.24) is 5.32 Å². The SMILES string of the molecule is COc1cc(F)c(CCCNC2CC2)cc1F. The molecule has 4 heteroatoms. The number of halogens is 2. The van der Waals surface area contributed by atoms with Crippen LogP contribution in [0.1, 0.15) is 24.8 Å². The Labute approximate surface area is 100.0 Å². The number of benzene rings is 1. The summed E-state index contributed by atoms with van der Waals surface area (Å²) in [5, 5.41) is 3.34. The van der Waals surface area contributed by atoms with E-state index in [1.165, 1.54) is 26.0 Å². The normalized spacial score (nSPS) is 15.0. The molecule has 94 valence electrons. The molecule has 0 unspecified atom stereocenters. The minimum Gasteiger partial charge on any atom is -0.494 e. The summed E-state index contributed by atoms with van der Waals surface area (Å²) >= 11 is 0. The van der Waals surface area contributed by atoms with Gasteiger partial charge in [0.1, 0.15) is 5.82 Å². The van der Waals surface area contributed by atoms with E-state index in [0.29, 0.717) is 18.0 Å². The summed E-state index contributed by atoms with van der Waals surface area (Å²) in [7, 11) is 1.33. The fourth-order valence-corrected chi connectivity index (χ4v) is 1.79. The molecule has 1 N–H and O–H groups in total. The van der Waals surface area contributed by atoms with Gasteiger partial charge in [0.25, 0.3) is 0 Å². The Kier molecular flexibility index (Phi) is 3.94. The summed E-state index contributed by atoms with van der Waals surface area (Å²) in [6, 6.07) is 3.00. The summed E-state index contributed by atoms with van der Waals surface area (Å²) in [4.78, 5) is 0. The zero-order valence-electron chi connectivity index (χ0n) is 9.93. The summed E-state index contributed by atoms with van der Waals surface area (Å²) in [6.45, 7) is 0.859. The largest absolute Gasteiger partial charge is 0.494 e. The first-order valence-electron chi connectivity index (χ1n) is 5.96. The molecule has 1 aliphatic carbocycles. The molecule has 0 amide bonds. The molecule has 0 aromatic heterocycles. The lowest BCUT2D eigenvalue weighted by Crippen LogP contribution is -2.18. The van der Waals surface area contributed by atoms with Crippen LogP contribution in [0.25, 0.3) is 0 Å². The molecule has 1 saturated carbocycles. The second kappa shape index (κ2) is 5.45. The van der Waals surface area contributed by atoms with Gasteiger partial charge in [-0.2, -0.15) is 0 Å². The van der Waals surface area contributed by atoms with Crippen LogP contribution in [0.2, 0.25) is 0 Å². The number of hydrogen-bond donors (Lipinski definition) is 1. The van der Waals surface area contributed by atoms with Crippen molar-refractivity contribution in [2.75, 3.05) is 13.7 Å². The molecular formula is C13H17F2NO. The predicted octanol–water partition coefficient (Wildman–Crippen LogP) is 2.66. The van der Waals surface area contributed by atoms with Gasteiger partial charge in [-0.05, 0) is 43.9 Å². The Morgan fingerprint density at radius 1 is 1.29 bits per heavy atom. The Morgan fingerprint density at radius 2 is 2.06 bits per heavy atom. The van der Waals surface area contributed by atoms with Gasteiger partial charge in [-0.15, -0.1) is 0 Å². The maximum absolute atomic E-state index is 13.5. The van der Waals surface area contributed by atoms with Gasteiger partial charge in [0.05, 0.1) is 7.11 Å². The first-order valence-corrected chi connectivity index (χ1v) is 5.96. The molecule has 17 heavy (non-hydrogen) atoms. The smallest absolute Gasteiger partial charge is 0.165 e. The lowest BCUT2D eigenvalue weighted by Gasteiger charge is -2.07. The highest BCUT2D eigenvalue weighted by Crippen LogP contribution is 2.22. The van der Waals surface area contributed by atoms with E-state index < -0.39 is 11.6 Å². The number of hydrogen-bond acceptors (Lipinski definition) is 2. The fraction of sp³-hybridized carbons (Fsp3) is 0.538. The highest BCUT2D eigenvalue weighted by molar-refractivity contribution is 5.30. The molecule has 2 rings (SSSR count). The number of rotatable bonds is 6. The molecule has 0 radical (unpaired) electrons. The molecule has 1 aromatic rings. The van der Waals surface area contributed by atoms with E-state index in [1.807, 2.05) is 0 Å². The highest BCUT2D eigenvalue weighted by atomic mass is 19.1. The zero-order valence-corrected chi connectivity index (χ0v) is 9.93. The summed E-state index contributed by atoms with van der Waals surface area (Å²) in [5.41, 5.74) is 0.417. The van der Waals surface area contributed by atoms with E-state index in [-0.39, 0.29) is 5.75 Å². The third-order valence-corrected chi connectivity index (χ3v) is 2.95. The highest BCUT2D eigenvalue weighted by Gasteiger charge is 2.19. The van der Waals surface area contributed by atoms with Crippen LogP contribution < -0.4 is 10.1 Å². The molecule has 1 aliphatic rings. The van der Waals surface area contributed by atoms with E-state index in [1.54, 1.807) is 0 Å². The molecule has 0 saturated heterocycles. The van der Waals surface area contributed by atoms with Crippen molar-refractivity contribution in [3.05, 3.63) is 29.3 Å². The standard InChI is InChI=1S/C13H17F2NO/c1-17-13-8-11(14)9(7-12(13)15)3-2-6-16-10-4-5-10/h7-8,10,16H,2-6H2,1H3. The van der Waals surface area contributed by atoms with Crippen LogP contribution in [0.15, 0.2) is 12.1 Å². The van der Waals surface area contributed by atoms with Gasteiger partial charge < -0.3 is 10.1 Å². The molecule has 0 atom stereocenters. The Hall–Kier alpha value is -1.16. The third kappa shape index (κ3) is 3.40. The summed E-state index contributed by atoms with van der Waals surface area (Å²) in [5.74, 6) is -0.934. The third-order valence-electron chi connectivity index (χ3n) is 2.95. The van der Waals surface area contributed by atoms with Crippen LogP contribution in [-0.4, -0.2) is 19.7 Å². The van der Waals surface area contributed by atoms with Crippen LogP contribution in [0.3, 0.4) is 0 Å². The second-order valence-corrected chi connectivity index (χ2v) is 4.41. The van der Waals surface area contributed by atoms with Gasteiger partial charge in [0.15, 0.2) is 11.6 Å². The number of ether oxygens (including phenoxy) is 1. The van der Waals surface area contributed by atoms with Crippen molar-refractivity contribution in [3.8, 4) is 5.75 Å². The second-order valence-electron chi connectivity index (χ2n) is 4.41. The maximum Gasteiger partial charge on any atom is 0.165 e. The molecule has 2 nitrogen and oxygen atoms in total. The van der Waals surface area contributed by atoms with Crippen LogP contribution >= 0.6 is 0 Å². The van der Waals surface area contributed by atoms with Gasteiger partial charge in [-0.25, -0.2) is 8.78 Å². The van der Waals surface area contributed by atoms with Crippen molar-refractivity contribution in [2.45, 2.75) is 31.7 Å². The van der Waals surface area contributed by atoms with Crippen molar-refractivity contribution >= 4 is 0 Å². The molecular weight excluding hydrogens is 224 g/mol. The topological polar surface area (TPSA) is 21.3 Å². The fourth-order valence-electron chi connectivity index (χ4n) is 1.79. The number of nitrogens with one attached hydrogen (secondary N) is 1. The predicted molar refractivity (Wildman–Crippen MR) is 62.3 cm³/mol. The molecule has 1 fully saturated rings. The van der Waals surface area contributed by atoms with Crippen molar-refractivity contribution < 1.29 is 13.5 Å². The van der Waals surface area contributed by atoms with Crippen LogP contribution in [0.5, 0.6) is 5.75 Å². The molecule has 0 heterocycles. The average molecular weight is 241 g/mol. The first kappa shape index (κ1) is 12.3. The molecule has 0 spiro atoms. The van der Waals surface area contributed by atoms with E-state index in [9.17, 15) is 8.78 Å². The van der Waals surface area contributed by atoms with Crippen molar-refractivity contribution in [2.24, 2.45) is 0 Å². The van der Waals surface area contributed by atoms with Gasteiger partial charge in [-0.3, -0.25) is 0 Å². The monoisotopic (exact) mass is 241 g/mol. The summed E-state index contributed by atoms with van der Waals surface area (Å²) in [6.07, 6.45) is 3.85. The lowest BCUT2D eigenvalue weighted by molar-refractivity contribution is 0.381. The number of aryl methyl sites for hydroxylation is 1. The minimum absolute atomic E-state index is 0.0395. The Bertz CT molecular complexity index is 391. The van der Waals surface area contributed by atoms with Crippen LogP contribution in [0, 0.1) is 11.6 Å².